The molecule has 0 radical (unpaired) electrons. The molecule has 6 atom stereocenters. The predicted molar refractivity (Wildman–Crippen MR) is 152 cm³/mol. The van der Waals surface area contributed by atoms with Crippen molar-refractivity contribution in [3.63, 3.8) is 0 Å². The largest absolute Gasteiger partial charge is 0.380 e. The lowest BCUT2D eigenvalue weighted by Crippen LogP contribution is -2.77. The summed E-state index contributed by atoms with van der Waals surface area (Å²) in [5.41, 5.74) is -4.76. The van der Waals surface area contributed by atoms with Gasteiger partial charge < -0.3 is 30.6 Å². The molecule has 8 heteroatoms. The number of carbonyl (C=O) groups is 2. The third-order valence-electron chi connectivity index (χ3n) is 10.8. The van der Waals surface area contributed by atoms with Crippen molar-refractivity contribution in [1.82, 2.24) is 9.80 Å². The number of fused-ring (bicyclic) bond motifs is 10. The van der Waals surface area contributed by atoms with Crippen LogP contribution in [-0.4, -0.2) is 55.2 Å². The highest BCUT2D eigenvalue weighted by atomic mass is 16.3. The maximum Gasteiger partial charge on any atom is 0.248 e. The molecule has 0 aliphatic carbocycles. The fourth-order valence-corrected chi connectivity index (χ4v) is 8.79. The van der Waals surface area contributed by atoms with E-state index in [1.54, 1.807) is 22.0 Å². The first kappa shape index (κ1) is 25.4. The van der Waals surface area contributed by atoms with Gasteiger partial charge in [0.05, 0.1) is 0 Å². The summed E-state index contributed by atoms with van der Waals surface area (Å²) < 4.78 is 0. The van der Waals surface area contributed by atoms with Crippen LogP contribution in [0.5, 0.6) is 0 Å². The summed E-state index contributed by atoms with van der Waals surface area (Å²) >= 11 is 0. The molecule has 3 saturated heterocycles. The van der Waals surface area contributed by atoms with E-state index in [-0.39, 0.29) is 24.7 Å². The van der Waals surface area contributed by atoms with Crippen LogP contribution in [0.15, 0.2) is 73.8 Å². The van der Waals surface area contributed by atoms with Crippen molar-refractivity contribution in [1.29, 1.82) is 0 Å². The van der Waals surface area contributed by atoms with Gasteiger partial charge in [0.25, 0.3) is 0 Å². The molecular formula is C32H36N4O4. The van der Waals surface area contributed by atoms with Gasteiger partial charge in [0.15, 0.2) is 11.3 Å². The Labute approximate surface area is 234 Å². The Kier molecular flexibility index (Phi) is 4.54. The van der Waals surface area contributed by atoms with Gasteiger partial charge in [-0.2, -0.15) is 0 Å². The molecule has 5 aliphatic rings. The van der Waals surface area contributed by atoms with E-state index in [2.05, 4.69) is 23.8 Å². The van der Waals surface area contributed by atoms with Gasteiger partial charge in [-0.1, -0.05) is 76.2 Å². The minimum absolute atomic E-state index is 0.0120. The minimum Gasteiger partial charge on any atom is -0.380 e. The second kappa shape index (κ2) is 7.17. The van der Waals surface area contributed by atoms with Gasteiger partial charge in [-0.3, -0.25) is 9.59 Å². The number of benzene rings is 2. The molecule has 5 heterocycles. The summed E-state index contributed by atoms with van der Waals surface area (Å²) in [5, 5.41) is 32.3. The van der Waals surface area contributed by atoms with Crippen LogP contribution in [0.4, 0.5) is 11.4 Å². The van der Waals surface area contributed by atoms with Gasteiger partial charge in [0.2, 0.25) is 11.8 Å². The zero-order chi connectivity index (χ0) is 28.7. The zero-order valence-electron chi connectivity index (χ0n) is 23.4. The van der Waals surface area contributed by atoms with E-state index in [1.165, 1.54) is 0 Å². The number of amides is 2. The molecule has 2 amide bonds. The summed E-state index contributed by atoms with van der Waals surface area (Å²) in [6.07, 6.45) is 3.50. The molecule has 0 unspecified atom stereocenters. The molecule has 4 N–H and O–H groups in total. The fraction of sp³-hybridized carbons (Fsp3) is 0.438. The lowest BCUT2D eigenvalue weighted by molar-refractivity contribution is -0.178. The molecule has 3 fully saturated rings. The molecule has 7 rings (SSSR count). The Morgan fingerprint density at radius 1 is 0.750 bits per heavy atom. The third-order valence-corrected chi connectivity index (χ3v) is 10.8. The van der Waals surface area contributed by atoms with Gasteiger partial charge in [0.1, 0.15) is 23.3 Å². The second-order valence-corrected chi connectivity index (χ2v) is 13.2. The first-order valence-corrected chi connectivity index (χ1v) is 13.9. The first-order valence-electron chi connectivity index (χ1n) is 13.9. The van der Waals surface area contributed by atoms with E-state index < -0.39 is 45.4 Å². The van der Waals surface area contributed by atoms with E-state index >= 15 is 0 Å². The lowest BCUT2D eigenvalue weighted by atomic mass is 9.68. The SMILES string of the molecule is C=CC(C)(C)[C@@]12Nc3ccccc3[C@]1(O)C[C@H]1C(=O)N3[C@H](C[C@]4(O)c5ccccc5N[C@]34C(C)(C)C=C)C(=O)N12. The van der Waals surface area contributed by atoms with Crippen molar-refractivity contribution in [3.05, 3.63) is 85.0 Å². The van der Waals surface area contributed by atoms with Crippen LogP contribution in [0, 0.1) is 10.8 Å². The Morgan fingerprint density at radius 2 is 1.10 bits per heavy atom. The summed E-state index contributed by atoms with van der Waals surface area (Å²) in [5.74, 6) is -0.616. The number of para-hydroxylation sites is 2. The maximum absolute atomic E-state index is 14.9. The normalized spacial score (nSPS) is 37.0. The number of hydrogen-bond donors (Lipinski definition) is 4. The van der Waals surface area contributed by atoms with Crippen molar-refractivity contribution in [3.8, 4) is 0 Å². The molecule has 2 aromatic carbocycles. The Morgan fingerprint density at radius 3 is 1.45 bits per heavy atom. The highest BCUT2D eigenvalue weighted by molar-refractivity contribution is 6.02. The van der Waals surface area contributed by atoms with Crippen LogP contribution in [0.3, 0.4) is 0 Å². The average molecular weight is 541 g/mol. The zero-order valence-corrected chi connectivity index (χ0v) is 23.4. The molecular weight excluding hydrogens is 504 g/mol. The summed E-state index contributed by atoms with van der Waals surface area (Å²) in [6, 6.07) is 13.0. The lowest BCUT2D eigenvalue weighted by Gasteiger charge is -2.57. The molecule has 8 nitrogen and oxygen atoms in total. The Balaban J connectivity index is 1.46. The molecule has 0 saturated carbocycles. The number of nitrogens with zero attached hydrogens (tertiary/aromatic N) is 2. The van der Waals surface area contributed by atoms with Gasteiger partial charge in [-0.05, 0) is 12.1 Å². The molecule has 40 heavy (non-hydrogen) atoms. The van der Waals surface area contributed by atoms with Crippen molar-refractivity contribution in [2.45, 2.75) is 75.1 Å². The van der Waals surface area contributed by atoms with Crippen LogP contribution in [0.25, 0.3) is 0 Å². The van der Waals surface area contributed by atoms with Crippen molar-refractivity contribution >= 4 is 23.2 Å². The van der Waals surface area contributed by atoms with E-state index in [4.69, 9.17) is 0 Å². The molecule has 5 aliphatic heterocycles. The predicted octanol–water partition coefficient (Wildman–Crippen LogP) is 3.65. The van der Waals surface area contributed by atoms with E-state index in [9.17, 15) is 19.8 Å². The first-order chi connectivity index (χ1) is 18.8. The molecule has 0 aromatic heterocycles. The minimum atomic E-state index is -1.56. The molecule has 0 spiro atoms. The topological polar surface area (TPSA) is 105 Å². The van der Waals surface area contributed by atoms with E-state index in [0.29, 0.717) is 11.1 Å². The van der Waals surface area contributed by atoms with Crippen LogP contribution in [0.2, 0.25) is 0 Å². The summed E-state index contributed by atoms with van der Waals surface area (Å²) in [7, 11) is 0. The van der Waals surface area contributed by atoms with Gasteiger partial charge in [-0.25, -0.2) is 0 Å². The van der Waals surface area contributed by atoms with Crippen LogP contribution < -0.4 is 10.6 Å². The highest BCUT2D eigenvalue weighted by Crippen LogP contribution is 2.68. The van der Waals surface area contributed by atoms with Crippen LogP contribution in [0.1, 0.15) is 51.7 Å². The Bertz CT molecular complexity index is 1420. The third kappa shape index (κ3) is 2.32. The number of piperazine rings is 1. The summed E-state index contributed by atoms with van der Waals surface area (Å²) in [4.78, 5) is 32.9. The fourth-order valence-electron chi connectivity index (χ4n) is 8.79. The monoisotopic (exact) mass is 540 g/mol. The number of anilines is 2. The van der Waals surface area contributed by atoms with Crippen LogP contribution in [-0.2, 0) is 20.8 Å². The van der Waals surface area contributed by atoms with E-state index in [0.717, 1.165) is 11.4 Å². The van der Waals surface area contributed by atoms with Gasteiger partial charge >= 0.3 is 0 Å². The molecule has 2 aromatic rings. The highest BCUT2D eigenvalue weighted by Gasteiger charge is 2.81. The quantitative estimate of drug-likeness (QED) is 0.442. The average Bonchev–Trinajstić information content (AvgIpc) is 3.55. The molecule has 208 valence electrons. The number of nitrogens with one attached hydrogen (secondary N) is 2. The van der Waals surface area contributed by atoms with Crippen molar-refractivity contribution in [2.75, 3.05) is 10.6 Å². The van der Waals surface area contributed by atoms with Gasteiger partial charge in [0, 0.05) is 46.2 Å². The van der Waals surface area contributed by atoms with Gasteiger partial charge in [-0.15, -0.1) is 13.2 Å². The molecule has 0 bridgehead atoms. The van der Waals surface area contributed by atoms with E-state index in [1.807, 2.05) is 76.2 Å². The number of aliphatic hydroxyl groups is 2. The van der Waals surface area contributed by atoms with Crippen LogP contribution >= 0.6 is 0 Å². The number of hydrogen-bond acceptors (Lipinski definition) is 6. The summed E-state index contributed by atoms with van der Waals surface area (Å²) in [6.45, 7) is 15.8. The maximum atomic E-state index is 14.9. The number of rotatable bonds is 4. The Hall–Kier alpha value is -3.62. The standard InChI is InChI=1S/C32H36N4O4/c1-7-27(3,4)31-29(39,19-13-9-11-15-21(19)33-31)17-23-26(38)36-24(25(37)35(23)31)18-30(40)20-14-10-12-16-22(20)34-32(30,36)28(5,6)8-2/h7-16,23-24,33-34,39-40H,1-2,17-18H2,3-6H3/t23-,24+,29+,30-,31-,32+. The smallest absolute Gasteiger partial charge is 0.248 e. The van der Waals surface area contributed by atoms with Crippen molar-refractivity contribution in [2.24, 2.45) is 10.8 Å². The van der Waals surface area contributed by atoms with Crippen molar-refractivity contribution < 1.29 is 19.8 Å². The number of carbonyl (C=O) groups excluding carboxylic acids is 2. The second-order valence-electron chi connectivity index (χ2n) is 13.2.